The predicted octanol–water partition coefficient (Wildman–Crippen LogP) is 3.09. The lowest BCUT2D eigenvalue weighted by molar-refractivity contribution is 0.146. The van der Waals surface area contributed by atoms with Gasteiger partial charge in [-0.15, -0.1) is 0 Å². The van der Waals surface area contributed by atoms with Gasteiger partial charge < -0.3 is 15.6 Å². The molecular formula is C18H23NO2. The van der Waals surface area contributed by atoms with E-state index in [1.165, 1.54) is 5.56 Å². The van der Waals surface area contributed by atoms with Gasteiger partial charge in [0.25, 0.3) is 0 Å². The molecule has 2 unspecified atom stereocenters. The summed E-state index contributed by atoms with van der Waals surface area (Å²) in [6, 6.07) is 13.7. The van der Waals surface area contributed by atoms with Crippen LogP contribution in [0.2, 0.25) is 0 Å². The molecule has 0 spiro atoms. The van der Waals surface area contributed by atoms with Gasteiger partial charge in [0.2, 0.25) is 0 Å². The Morgan fingerprint density at radius 1 is 1.10 bits per heavy atom. The van der Waals surface area contributed by atoms with Crippen LogP contribution in [0.15, 0.2) is 42.5 Å². The highest BCUT2D eigenvalue weighted by atomic mass is 16.5. The summed E-state index contributed by atoms with van der Waals surface area (Å²) < 4.78 is 5.17. The van der Waals surface area contributed by atoms with Crippen molar-refractivity contribution < 1.29 is 9.84 Å². The number of ether oxygens (including phenoxy) is 1. The first-order valence-electron chi connectivity index (χ1n) is 7.16. The maximum atomic E-state index is 10.8. The van der Waals surface area contributed by atoms with Crippen molar-refractivity contribution >= 4 is 0 Å². The Labute approximate surface area is 126 Å². The smallest absolute Gasteiger partial charge is 0.118 e. The molecule has 0 bridgehead atoms. The van der Waals surface area contributed by atoms with E-state index in [0.29, 0.717) is 6.54 Å². The average molecular weight is 285 g/mol. The first-order valence-corrected chi connectivity index (χ1v) is 7.16. The standard InChI is InChI=1S/C18H23NO2/c1-12-5-4-6-16(13(12)2)18(20)17(11-19)14-7-9-15(21-3)10-8-14/h4-10,17-18,20H,11,19H2,1-3H3. The van der Waals surface area contributed by atoms with E-state index in [4.69, 9.17) is 10.5 Å². The molecule has 3 heteroatoms. The van der Waals surface area contributed by atoms with Gasteiger partial charge in [0.05, 0.1) is 13.2 Å². The number of nitrogens with two attached hydrogens (primary N) is 1. The van der Waals surface area contributed by atoms with Crippen molar-refractivity contribution in [3.63, 3.8) is 0 Å². The van der Waals surface area contributed by atoms with Crippen LogP contribution in [0.3, 0.4) is 0 Å². The highest BCUT2D eigenvalue weighted by molar-refractivity contribution is 5.38. The molecule has 0 amide bonds. The third kappa shape index (κ3) is 3.26. The van der Waals surface area contributed by atoms with Crippen molar-refractivity contribution in [1.29, 1.82) is 0 Å². The van der Waals surface area contributed by atoms with E-state index in [1.807, 2.05) is 43.3 Å². The van der Waals surface area contributed by atoms with Crippen LogP contribution in [0.1, 0.15) is 34.3 Å². The molecule has 2 aromatic rings. The molecule has 21 heavy (non-hydrogen) atoms. The molecule has 112 valence electrons. The van der Waals surface area contributed by atoms with Crippen LogP contribution >= 0.6 is 0 Å². The molecule has 0 radical (unpaired) electrons. The molecular weight excluding hydrogens is 262 g/mol. The zero-order valence-corrected chi connectivity index (χ0v) is 12.8. The third-order valence-electron chi connectivity index (χ3n) is 4.14. The number of aryl methyl sites for hydroxylation is 1. The van der Waals surface area contributed by atoms with Crippen LogP contribution in [0, 0.1) is 13.8 Å². The summed E-state index contributed by atoms with van der Waals surface area (Å²) in [7, 11) is 1.64. The first kappa shape index (κ1) is 15.5. The van der Waals surface area contributed by atoms with E-state index >= 15 is 0 Å². The van der Waals surface area contributed by atoms with Crippen molar-refractivity contribution in [3.8, 4) is 5.75 Å². The summed E-state index contributed by atoms with van der Waals surface area (Å²) in [6.45, 7) is 4.48. The monoisotopic (exact) mass is 285 g/mol. The van der Waals surface area contributed by atoms with E-state index in [2.05, 4.69) is 13.0 Å². The topological polar surface area (TPSA) is 55.5 Å². The molecule has 0 aliphatic rings. The summed E-state index contributed by atoms with van der Waals surface area (Å²) in [5.74, 6) is 0.673. The van der Waals surface area contributed by atoms with Gasteiger partial charge >= 0.3 is 0 Å². The maximum absolute atomic E-state index is 10.8. The van der Waals surface area contributed by atoms with Crippen LogP contribution in [0.25, 0.3) is 0 Å². The summed E-state index contributed by atoms with van der Waals surface area (Å²) in [6.07, 6.45) is -0.608. The fourth-order valence-corrected chi connectivity index (χ4v) is 2.61. The first-order chi connectivity index (χ1) is 10.1. The molecule has 2 rings (SSSR count). The Morgan fingerprint density at radius 2 is 1.76 bits per heavy atom. The molecule has 2 aromatic carbocycles. The van der Waals surface area contributed by atoms with Crippen molar-refractivity contribution in [2.75, 3.05) is 13.7 Å². The quantitative estimate of drug-likeness (QED) is 0.887. The van der Waals surface area contributed by atoms with E-state index in [-0.39, 0.29) is 5.92 Å². The molecule has 0 fully saturated rings. The normalized spacial score (nSPS) is 13.8. The number of hydrogen-bond donors (Lipinski definition) is 2. The maximum Gasteiger partial charge on any atom is 0.118 e. The molecule has 0 saturated heterocycles. The number of benzene rings is 2. The molecule has 0 heterocycles. The fraction of sp³-hybridized carbons (Fsp3) is 0.333. The number of hydrogen-bond acceptors (Lipinski definition) is 3. The number of rotatable bonds is 5. The van der Waals surface area contributed by atoms with Crippen molar-refractivity contribution in [3.05, 3.63) is 64.7 Å². The lowest BCUT2D eigenvalue weighted by Crippen LogP contribution is -2.21. The second-order valence-corrected chi connectivity index (χ2v) is 5.35. The fourth-order valence-electron chi connectivity index (χ4n) is 2.61. The Kier molecular flexibility index (Phi) is 4.99. The van der Waals surface area contributed by atoms with Gasteiger partial charge in [0.15, 0.2) is 0 Å². The Bertz CT molecular complexity index is 593. The number of aliphatic hydroxyl groups excluding tert-OH is 1. The minimum Gasteiger partial charge on any atom is -0.497 e. The second kappa shape index (κ2) is 6.74. The van der Waals surface area contributed by atoms with Gasteiger partial charge in [-0.1, -0.05) is 30.3 Å². The van der Waals surface area contributed by atoms with Crippen LogP contribution in [-0.2, 0) is 0 Å². The van der Waals surface area contributed by atoms with Crippen molar-refractivity contribution in [2.45, 2.75) is 25.9 Å². The predicted molar refractivity (Wildman–Crippen MR) is 85.7 cm³/mol. The van der Waals surface area contributed by atoms with Gasteiger partial charge in [-0.3, -0.25) is 0 Å². The van der Waals surface area contributed by atoms with Crippen LogP contribution < -0.4 is 10.5 Å². The molecule has 3 nitrogen and oxygen atoms in total. The van der Waals surface area contributed by atoms with Crippen LogP contribution in [-0.4, -0.2) is 18.8 Å². The van der Waals surface area contributed by atoms with E-state index in [9.17, 15) is 5.11 Å². The lowest BCUT2D eigenvalue weighted by atomic mass is 9.86. The SMILES string of the molecule is COc1ccc(C(CN)C(O)c2cccc(C)c2C)cc1. The Hall–Kier alpha value is -1.84. The van der Waals surface area contributed by atoms with Gasteiger partial charge in [0, 0.05) is 12.5 Å². The molecule has 0 aliphatic heterocycles. The Morgan fingerprint density at radius 3 is 2.33 bits per heavy atom. The van der Waals surface area contributed by atoms with Crippen molar-refractivity contribution in [1.82, 2.24) is 0 Å². The molecule has 3 N–H and O–H groups in total. The summed E-state index contributed by atoms with van der Waals surface area (Å²) in [5.41, 5.74) is 10.2. The van der Waals surface area contributed by atoms with Gasteiger partial charge in [-0.2, -0.15) is 0 Å². The minimum absolute atomic E-state index is 0.128. The minimum atomic E-state index is -0.608. The molecule has 0 aromatic heterocycles. The van der Waals surface area contributed by atoms with Crippen LogP contribution in [0.4, 0.5) is 0 Å². The van der Waals surface area contributed by atoms with Gasteiger partial charge in [0.1, 0.15) is 5.75 Å². The van der Waals surface area contributed by atoms with E-state index < -0.39 is 6.10 Å². The zero-order valence-electron chi connectivity index (χ0n) is 12.8. The van der Waals surface area contributed by atoms with E-state index in [0.717, 1.165) is 22.4 Å². The highest BCUT2D eigenvalue weighted by Crippen LogP contribution is 2.33. The molecule has 0 aliphatic carbocycles. The average Bonchev–Trinajstić information content (AvgIpc) is 2.51. The van der Waals surface area contributed by atoms with Crippen LogP contribution in [0.5, 0.6) is 5.75 Å². The van der Waals surface area contributed by atoms with Crippen molar-refractivity contribution in [2.24, 2.45) is 5.73 Å². The summed E-state index contributed by atoms with van der Waals surface area (Å²) in [5, 5.41) is 10.8. The van der Waals surface area contributed by atoms with Gasteiger partial charge in [-0.05, 0) is 48.2 Å². The van der Waals surface area contributed by atoms with E-state index in [1.54, 1.807) is 7.11 Å². The molecule has 2 atom stereocenters. The zero-order chi connectivity index (χ0) is 15.4. The largest absolute Gasteiger partial charge is 0.497 e. The third-order valence-corrected chi connectivity index (χ3v) is 4.14. The number of aliphatic hydroxyl groups is 1. The van der Waals surface area contributed by atoms with Gasteiger partial charge in [-0.25, -0.2) is 0 Å². The summed E-state index contributed by atoms with van der Waals surface area (Å²) in [4.78, 5) is 0. The second-order valence-electron chi connectivity index (χ2n) is 5.35. The number of methoxy groups -OCH3 is 1. The highest BCUT2D eigenvalue weighted by Gasteiger charge is 2.23. The lowest BCUT2D eigenvalue weighted by Gasteiger charge is -2.24. The molecule has 0 saturated carbocycles. The summed E-state index contributed by atoms with van der Waals surface area (Å²) >= 11 is 0. The Balaban J connectivity index is 2.33.